The predicted molar refractivity (Wildman–Crippen MR) is 93.8 cm³/mol. The normalized spacial score (nSPS) is 10.4. The number of benzene rings is 2. The van der Waals surface area contributed by atoms with Crippen molar-refractivity contribution in [1.82, 2.24) is 9.78 Å². The second kappa shape index (κ2) is 7.14. The molecule has 1 amide bonds. The molecule has 0 saturated heterocycles. The van der Waals surface area contributed by atoms with Gasteiger partial charge in [0.05, 0.1) is 11.5 Å². The van der Waals surface area contributed by atoms with Crippen LogP contribution in [0.4, 0.5) is 11.5 Å². The number of carbonyl (C=O) groups is 1. The zero-order valence-corrected chi connectivity index (χ0v) is 13.7. The van der Waals surface area contributed by atoms with Crippen molar-refractivity contribution in [2.45, 2.75) is 6.54 Å². The van der Waals surface area contributed by atoms with Gasteiger partial charge in [-0.1, -0.05) is 29.8 Å². The van der Waals surface area contributed by atoms with Gasteiger partial charge in [0.15, 0.2) is 5.82 Å². The van der Waals surface area contributed by atoms with Gasteiger partial charge in [0, 0.05) is 35.0 Å². The van der Waals surface area contributed by atoms with Crippen LogP contribution in [-0.2, 0) is 6.54 Å². The second-order valence-corrected chi connectivity index (χ2v) is 5.72. The van der Waals surface area contributed by atoms with E-state index in [9.17, 15) is 14.9 Å². The molecule has 0 radical (unpaired) electrons. The van der Waals surface area contributed by atoms with Crippen molar-refractivity contribution >= 4 is 29.0 Å². The van der Waals surface area contributed by atoms with Gasteiger partial charge in [-0.25, -0.2) is 0 Å². The van der Waals surface area contributed by atoms with Crippen LogP contribution in [0.2, 0.25) is 5.02 Å². The SMILES string of the molecule is O=C(Nc1ccn(Cc2ccc(Cl)cc2)n1)c1cccc([N+](=O)[O-])c1. The Labute approximate surface area is 148 Å². The lowest BCUT2D eigenvalue weighted by Gasteiger charge is -2.03. The number of amides is 1. The van der Waals surface area contributed by atoms with Crippen molar-refractivity contribution in [2.24, 2.45) is 0 Å². The first-order valence-corrected chi connectivity index (χ1v) is 7.73. The lowest BCUT2D eigenvalue weighted by molar-refractivity contribution is -0.384. The van der Waals surface area contributed by atoms with Crippen molar-refractivity contribution < 1.29 is 9.72 Å². The van der Waals surface area contributed by atoms with E-state index in [0.717, 1.165) is 5.56 Å². The van der Waals surface area contributed by atoms with Gasteiger partial charge in [-0.15, -0.1) is 0 Å². The minimum atomic E-state index is -0.544. The van der Waals surface area contributed by atoms with Gasteiger partial charge in [0.25, 0.3) is 11.6 Å². The van der Waals surface area contributed by atoms with Gasteiger partial charge in [-0.3, -0.25) is 19.6 Å². The quantitative estimate of drug-likeness (QED) is 0.557. The Bertz CT molecular complexity index is 922. The number of hydrogen-bond donors (Lipinski definition) is 1. The van der Waals surface area contributed by atoms with Gasteiger partial charge < -0.3 is 5.32 Å². The van der Waals surface area contributed by atoms with Gasteiger partial charge in [-0.2, -0.15) is 5.10 Å². The monoisotopic (exact) mass is 356 g/mol. The van der Waals surface area contributed by atoms with E-state index in [1.54, 1.807) is 29.1 Å². The zero-order valence-electron chi connectivity index (χ0n) is 12.9. The van der Waals surface area contributed by atoms with Crippen LogP contribution in [0.3, 0.4) is 0 Å². The molecule has 0 aliphatic carbocycles. The molecule has 0 aliphatic rings. The predicted octanol–water partition coefficient (Wildman–Crippen LogP) is 3.75. The van der Waals surface area contributed by atoms with E-state index >= 15 is 0 Å². The van der Waals surface area contributed by atoms with Crippen LogP contribution in [0.25, 0.3) is 0 Å². The first kappa shape index (κ1) is 16.7. The molecule has 1 heterocycles. The van der Waals surface area contributed by atoms with Crippen LogP contribution in [0.1, 0.15) is 15.9 Å². The number of hydrogen-bond acceptors (Lipinski definition) is 4. The average Bonchev–Trinajstić information content (AvgIpc) is 3.04. The molecule has 0 bridgehead atoms. The molecule has 7 nitrogen and oxygen atoms in total. The third kappa shape index (κ3) is 4.21. The van der Waals surface area contributed by atoms with Crippen LogP contribution in [0, 0.1) is 10.1 Å². The highest BCUT2D eigenvalue weighted by molar-refractivity contribution is 6.30. The first-order valence-electron chi connectivity index (χ1n) is 7.35. The van der Waals surface area contributed by atoms with Crippen molar-refractivity contribution in [1.29, 1.82) is 0 Å². The second-order valence-electron chi connectivity index (χ2n) is 5.29. The minimum Gasteiger partial charge on any atom is -0.305 e. The lowest BCUT2D eigenvalue weighted by atomic mass is 10.2. The Kier molecular flexibility index (Phi) is 4.76. The highest BCUT2D eigenvalue weighted by Gasteiger charge is 2.12. The van der Waals surface area contributed by atoms with Gasteiger partial charge in [-0.05, 0) is 23.8 Å². The molecule has 2 aromatic carbocycles. The molecule has 3 rings (SSSR count). The molecule has 0 saturated carbocycles. The molecule has 0 atom stereocenters. The molecule has 3 aromatic rings. The standard InChI is InChI=1S/C17H13ClN4O3/c18-14-6-4-12(5-7-14)11-21-9-8-16(20-21)19-17(23)13-2-1-3-15(10-13)22(24)25/h1-10H,11H2,(H,19,20,23). The summed E-state index contributed by atoms with van der Waals surface area (Å²) in [5.41, 5.74) is 1.08. The molecule has 0 aliphatic heterocycles. The number of nitrogens with one attached hydrogen (secondary N) is 1. The third-order valence-electron chi connectivity index (χ3n) is 3.46. The Morgan fingerprint density at radius 2 is 1.96 bits per heavy atom. The van der Waals surface area contributed by atoms with E-state index in [-0.39, 0.29) is 11.3 Å². The zero-order chi connectivity index (χ0) is 17.8. The Hall–Kier alpha value is -3.19. The van der Waals surface area contributed by atoms with E-state index < -0.39 is 10.8 Å². The highest BCUT2D eigenvalue weighted by atomic mass is 35.5. The van der Waals surface area contributed by atoms with E-state index in [1.165, 1.54) is 24.3 Å². The van der Waals surface area contributed by atoms with Crippen LogP contribution in [-0.4, -0.2) is 20.6 Å². The number of nitro benzene ring substituents is 1. The minimum absolute atomic E-state index is 0.138. The maximum absolute atomic E-state index is 12.2. The van der Waals surface area contributed by atoms with Crippen molar-refractivity contribution in [2.75, 3.05) is 5.32 Å². The fourth-order valence-electron chi connectivity index (χ4n) is 2.24. The molecule has 8 heteroatoms. The number of carbonyl (C=O) groups excluding carboxylic acids is 1. The van der Waals surface area contributed by atoms with E-state index in [0.29, 0.717) is 17.4 Å². The Balaban J connectivity index is 1.68. The number of halogens is 1. The molecule has 0 spiro atoms. The Morgan fingerprint density at radius 1 is 1.20 bits per heavy atom. The highest BCUT2D eigenvalue weighted by Crippen LogP contribution is 2.15. The Morgan fingerprint density at radius 3 is 2.68 bits per heavy atom. The number of anilines is 1. The fourth-order valence-corrected chi connectivity index (χ4v) is 2.37. The topological polar surface area (TPSA) is 90.1 Å². The summed E-state index contributed by atoms with van der Waals surface area (Å²) >= 11 is 5.85. The van der Waals surface area contributed by atoms with E-state index in [4.69, 9.17) is 11.6 Å². The third-order valence-corrected chi connectivity index (χ3v) is 3.71. The van der Waals surface area contributed by atoms with Gasteiger partial charge >= 0.3 is 0 Å². The molecule has 0 fully saturated rings. The summed E-state index contributed by atoms with van der Waals surface area (Å²) in [5.74, 6) is -0.0917. The van der Waals surface area contributed by atoms with Crippen molar-refractivity contribution in [3.8, 4) is 0 Å². The molecule has 1 N–H and O–H groups in total. The largest absolute Gasteiger partial charge is 0.305 e. The number of nitro groups is 1. The van der Waals surface area contributed by atoms with Crippen LogP contribution < -0.4 is 5.32 Å². The summed E-state index contributed by atoms with van der Waals surface area (Å²) in [4.78, 5) is 22.4. The molecular formula is C17H13ClN4O3. The maximum atomic E-state index is 12.2. The first-order chi connectivity index (χ1) is 12.0. The summed E-state index contributed by atoms with van der Waals surface area (Å²) in [6, 6.07) is 14.6. The molecular weight excluding hydrogens is 344 g/mol. The van der Waals surface area contributed by atoms with Crippen LogP contribution in [0.15, 0.2) is 60.8 Å². The van der Waals surface area contributed by atoms with E-state index in [1.807, 2.05) is 12.1 Å². The lowest BCUT2D eigenvalue weighted by Crippen LogP contribution is -2.13. The number of non-ortho nitro benzene ring substituents is 1. The number of rotatable bonds is 5. The van der Waals surface area contributed by atoms with Crippen LogP contribution >= 0.6 is 11.6 Å². The van der Waals surface area contributed by atoms with Crippen molar-refractivity contribution in [3.63, 3.8) is 0 Å². The van der Waals surface area contributed by atoms with Crippen LogP contribution in [0.5, 0.6) is 0 Å². The number of nitrogens with zero attached hydrogens (tertiary/aromatic N) is 3. The maximum Gasteiger partial charge on any atom is 0.270 e. The summed E-state index contributed by atoms with van der Waals surface area (Å²) < 4.78 is 1.67. The van der Waals surface area contributed by atoms with E-state index in [2.05, 4.69) is 10.4 Å². The molecule has 126 valence electrons. The summed E-state index contributed by atoms with van der Waals surface area (Å²) in [6.07, 6.45) is 1.73. The van der Waals surface area contributed by atoms with Crippen molar-refractivity contribution in [3.05, 3.63) is 87.1 Å². The summed E-state index contributed by atoms with van der Waals surface area (Å²) in [7, 11) is 0. The van der Waals surface area contributed by atoms with Gasteiger partial charge in [0.2, 0.25) is 0 Å². The summed E-state index contributed by atoms with van der Waals surface area (Å²) in [5, 5.41) is 18.3. The fraction of sp³-hybridized carbons (Fsp3) is 0.0588. The molecule has 0 unspecified atom stereocenters. The summed E-state index contributed by atoms with van der Waals surface area (Å²) in [6.45, 7) is 0.532. The smallest absolute Gasteiger partial charge is 0.270 e. The average molecular weight is 357 g/mol. The number of aromatic nitrogens is 2. The molecule has 25 heavy (non-hydrogen) atoms. The van der Waals surface area contributed by atoms with Gasteiger partial charge in [0.1, 0.15) is 0 Å². The molecule has 1 aromatic heterocycles.